The second kappa shape index (κ2) is 7.09. The highest BCUT2D eigenvalue weighted by Crippen LogP contribution is 2.31. The number of carbonyl (C=O) groups is 2. The predicted molar refractivity (Wildman–Crippen MR) is 77.1 cm³/mol. The van der Waals surface area contributed by atoms with Crippen LogP contribution in [0.15, 0.2) is 0 Å². The largest absolute Gasteiger partial charge is 0.465 e. The molecule has 1 aliphatic rings. The molecule has 1 saturated carbocycles. The van der Waals surface area contributed by atoms with Crippen LogP contribution in [0.4, 0.5) is 0 Å². The van der Waals surface area contributed by atoms with E-state index in [1.807, 2.05) is 34.6 Å². The monoisotopic (exact) mass is 284 g/mol. The number of carbonyl (C=O) groups excluding carboxylic acids is 2. The van der Waals surface area contributed by atoms with Gasteiger partial charge in [0.15, 0.2) is 0 Å². The van der Waals surface area contributed by atoms with Crippen molar-refractivity contribution in [3.8, 4) is 0 Å². The molecule has 1 rings (SSSR count). The van der Waals surface area contributed by atoms with E-state index in [0.717, 1.165) is 25.7 Å². The Morgan fingerprint density at radius 2 is 1.45 bits per heavy atom. The zero-order valence-electron chi connectivity index (χ0n) is 13.4. The molecule has 0 aromatic carbocycles. The summed E-state index contributed by atoms with van der Waals surface area (Å²) in [5, 5.41) is 0. The van der Waals surface area contributed by atoms with Crippen molar-refractivity contribution in [2.45, 2.75) is 65.9 Å². The van der Waals surface area contributed by atoms with Crippen LogP contribution in [0, 0.1) is 17.8 Å². The number of hydrogen-bond donors (Lipinski definition) is 0. The lowest BCUT2D eigenvalue weighted by Gasteiger charge is -2.29. The maximum absolute atomic E-state index is 12.0. The van der Waals surface area contributed by atoms with Gasteiger partial charge in [-0.25, -0.2) is 0 Å². The molecule has 0 radical (unpaired) electrons. The average molecular weight is 284 g/mol. The van der Waals surface area contributed by atoms with Crippen LogP contribution in [0.3, 0.4) is 0 Å². The molecule has 0 amide bonds. The van der Waals surface area contributed by atoms with E-state index in [-0.39, 0.29) is 23.8 Å². The third kappa shape index (κ3) is 5.93. The van der Waals surface area contributed by atoms with Crippen LogP contribution in [0.2, 0.25) is 0 Å². The Hall–Kier alpha value is -1.06. The van der Waals surface area contributed by atoms with Crippen molar-refractivity contribution in [1.29, 1.82) is 0 Å². The minimum Gasteiger partial charge on any atom is -0.465 e. The van der Waals surface area contributed by atoms with E-state index in [1.165, 1.54) is 0 Å². The second-order valence-electron chi connectivity index (χ2n) is 7.11. The van der Waals surface area contributed by atoms with E-state index in [0.29, 0.717) is 12.5 Å². The van der Waals surface area contributed by atoms with Gasteiger partial charge in [-0.2, -0.15) is 0 Å². The van der Waals surface area contributed by atoms with Crippen molar-refractivity contribution in [2.75, 3.05) is 6.61 Å². The van der Waals surface area contributed by atoms with Gasteiger partial charge in [-0.1, -0.05) is 13.8 Å². The van der Waals surface area contributed by atoms with Crippen molar-refractivity contribution >= 4 is 11.9 Å². The molecular weight excluding hydrogens is 256 g/mol. The highest BCUT2D eigenvalue weighted by Gasteiger charge is 2.33. The Balaban J connectivity index is 2.36. The van der Waals surface area contributed by atoms with Gasteiger partial charge in [-0.05, 0) is 52.4 Å². The Bertz CT molecular complexity index is 333. The van der Waals surface area contributed by atoms with Crippen LogP contribution in [-0.2, 0) is 19.1 Å². The van der Waals surface area contributed by atoms with Gasteiger partial charge in [0.05, 0.1) is 18.4 Å². The molecule has 4 heteroatoms. The number of hydrogen-bond acceptors (Lipinski definition) is 4. The van der Waals surface area contributed by atoms with Gasteiger partial charge in [0.1, 0.15) is 5.60 Å². The standard InChI is InChI=1S/C16H28O4/c1-11(2)10-19-14(17)12-6-8-13(9-7-12)15(18)20-16(3,4)5/h11-13H,6-10H2,1-5H3. The summed E-state index contributed by atoms with van der Waals surface area (Å²) in [6, 6.07) is 0. The van der Waals surface area contributed by atoms with Gasteiger partial charge in [0.2, 0.25) is 0 Å². The molecule has 4 nitrogen and oxygen atoms in total. The van der Waals surface area contributed by atoms with Crippen molar-refractivity contribution in [3.63, 3.8) is 0 Å². The summed E-state index contributed by atoms with van der Waals surface area (Å²) >= 11 is 0. The van der Waals surface area contributed by atoms with Crippen LogP contribution >= 0.6 is 0 Å². The maximum atomic E-state index is 12.0. The van der Waals surface area contributed by atoms with E-state index >= 15 is 0 Å². The Morgan fingerprint density at radius 3 is 1.85 bits per heavy atom. The zero-order valence-corrected chi connectivity index (χ0v) is 13.4. The van der Waals surface area contributed by atoms with Crippen molar-refractivity contribution in [2.24, 2.45) is 17.8 Å². The fourth-order valence-electron chi connectivity index (χ4n) is 2.32. The molecule has 0 aliphatic heterocycles. The third-order valence-electron chi connectivity index (χ3n) is 3.36. The number of esters is 2. The molecule has 0 aromatic heterocycles. The molecule has 116 valence electrons. The molecule has 0 N–H and O–H groups in total. The summed E-state index contributed by atoms with van der Waals surface area (Å²) in [4.78, 5) is 23.8. The summed E-state index contributed by atoms with van der Waals surface area (Å²) in [5.74, 6) is 0.000648. The van der Waals surface area contributed by atoms with Crippen LogP contribution in [0.5, 0.6) is 0 Å². The number of ether oxygens (including phenoxy) is 2. The molecule has 0 spiro atoms. The number of rotatable bonds is 4. The molecule has 1 aliphatic carbocycles. The fraction of sp³-hybridized carbons (Fsp3) is 0.875. The highest BCUT2D eigenvalue weighted by molar-refractivity contribution is 5.75. The van der Waals surface area contributed by atoms with E-state index in [9.17, 15) is 9.59 Å². The van der Waals surface area contributed by atoms with Gasteiger partial charge in [-0.15, -0.1) is 0 Å². The lowest BCUT2D eigenvalue weighted by molar-refractivity contribution is -0.163. The minimum atomic E-state index is -0.440. The van der Waals surface area contributed by atoms with Crippen LogP contribution in [-0.4, -0.2) is 24.1 Å². The van der Waals surface area contributed by atoms with Crippen LogP contribution in [0.25, 0.3) is 0 Å². The average Bonchev–Trinajstić information content (AvgIpc) is 2.34. The van der Waals surface area contributed by atoms with E-state index in [2.05, 4.69) is 0 Å². The van der Waals surface area contributed by atoms with Gasteiger partial charge in [0, 0.05) is 0 Å². The lowest BCUT2D eigenvalue weighted by Crippen LogP contribution is -2.32. The molecular formula is C16H28O4. The van der Waals surface area contributed by atoms with E-state index in [1.54, 1.807) is 0 Å². The predicted octanol–water partition coefficient (Wildman–Crippen LogP) is 3.33. The molecule has 0 bridgehead atoms. The van der Waals surface area contributed by atoms with Gasteiger partial charge >= 0.3 is 11.9 Å². The van der Waals surface area contributed by atoms with E-state index < -0.39 is 5.60 Å². The lowest BCUT2D eigenvalue weighted by atomic mass is 9.82. The van der Waals surface area contributed by atoms with E-state index in [4.69, 9.17) is 9.47 Å². The van der Waals surface area contributed by atoms with Gasteiger partial charge in [0.25, 0.3) is 0 Å². The molecule has 1 fully saturated rings. The quantitative estimate of drug-likeness (QED) is 0.743. The van der Waals surface area contributed by atoms with Crippen LogP contribution in [0.1, 0.15) is 60.3 Å². The second-order valence-corrected chi connectivity index (χ2v) is 7.11. The van der Waals surface area contributed by atoms with Crippen molar-refractivity contribution < 1.29 is 19.1 Å². The first-order chi connectivity index (χ1) is 9.19. The third-order valence-corrected chi connectivity index (χ3v) is 3.36. The first-order valence-corrected chi connectivity index (χ1v) is 7.58. The molecule has 20 heavy (non-hydrogen) atoms. The van der Waals surface area contributed by atoms with Crippen LogP contribution < -0.4 is 0 Å². The first-order valence-electron chi connectivity index (χ1n) is 7.58. The summed E-state index contributed by atoms with van der Waals surface area (Å²) in [5.41, 5.74) is -0.440. The minimum absolute atomic E-state index is 0.0487. The zero-order chi connectivity index (χ0) is 15.3. The summed E-state index contributed by atoms with van der Waals surface area (Å²) in [7, 11) is 0. The normalized spacial score (nSPS) is 23.5. The smallest absolute Gasteiger partial charge is 0.309 e. The Kier molecular flexibility index (Phi) is 6.03. The Labute approximate surface area is 122 Å². The summed E-state index contributed by atoms with van der Waals surface area (Å²) < 4.78 is 10.7. The SMILES string of the molecule is CC(C)COC(=O)C1CCC(C(=O)OC(C)(C)C)CC1. The molecule has 0 heterocycles. The molecule has 0 aromatic rings. The topological polar surface area (TPSA) is 52.6 Å². The molecule has 0 saturated heterocycles. The molecule has 0 unspecified atom stereocenters. The fourth-order valence-corrected chi connectivity index (χ4v) is 2.32. The van der Waals surface area contributed by atoms with Gasteiger partial charge in [-0.3, -0.25) is 9.59 Å². The maximum Gasteiger partial charge on any atom is 0.309 e. The van der Waals surface area contributed by atoms with Gasteiger partial charge < -0.3 is 9.47 Å². The Morgan fingerprint density at radius 1 is 1.00 bits per heavy atom. The first kappa shape index (κ1) is 17.0. The highest BCUT2D eigenvalue weighted by atomic mass is 16.6. The van der Waals surface area contributed by atoms with Crippen molar-refractivity contribution in [1.82, 2.24) is 0 Å². The molecule has 0 atom stereocenters. The summed E-state index contributed by atoms with van der Waals surface area (Å²) in [6.45, 7) is 10.1. The summed E-state index contributed by atoms with van der Waals surface area (Å²) in [6.07, 6.45) is 2.88. The van der Waals surface area contributed by atoms with Crippen molar-refractivity contribution in [3.05, 3.63) is 0 Å².